The van der Waals surface area contributed by atoms with Gasteiger partial charge in [-0.15, -0.1) is 0 Å². The van der Waals surface area contributed by atoms with Gasteiger partial charge in [0.15, 0.2) is 11.7 Å². The summed E-state index contributed by atoms with van der Waals surface area (Å²) in [7, 11) is 3.20. The minimum absolute atomic E-state index is 0.166. The minimum atomic E-state index is -0.779. The van der Waals surface area contributed by atoms with Gasteiger partial charge in [0.1, 0.15) is 11.5 Å². The molecule has 0 saturated heterocycles. The highest BCUT2D eigenvalue weighted by Gasteiger charge is 2.22. The van der Waals surface area contributed by atoms with Gasteiger partial charge in [-0.1, -0.05) is 11.6 Å². The lowest BCUT2D eigenvalue weighted by atomic mass is 9.95. The van der Waals surface area contributed by atoms with Crippen LogP contribution >= 0.6 is 23.5 Å². The van der Waals surface area contributed by atoms with Crippen molar-refractivity contribution in [1.29, 1.82) is 0 Å². The topological polar surface area (TPSA) is 83.3 Å². The third kappa shape index (κ3) is 5.65. The van der Waals surface area contributed by atoms with Gasteiger partial charge in [-0.05, 0) is 56.9 Å². The maximum absolute atomic E-state index is 15.5. The summed E-state index contributed by atoms with van der Waals surface area (Å²) < 4.78 is 37.9. The molecule has 0 radical (unpaired) electrons. The Morgan fingerprint density at radius 3 is 2.82 bits per heavy atom. The fourth-order valence-corrected chi connectivity index (χ4v) is 3.98. The Morgan fingerprint density at radius 2 is 2.12 bits per heavy atom. The molecule has 0 bridgehead atoms. The molecular formula is C22H21ClF2N6OS. The lowest BCUT2D eigenvalue weighted by Crippen LogP contribution is -2.15. The average Bonchev–Trinajstić information content (AvgIpc) is 2.79. The van der Waals surface area contributed by atoms with Gasteiger partial charge in [0, 0.05) is 34.8 Å². The zero-order valence-electron chi connectivity index (χ0n) is 18.1. The second-order valence-corrected chi connectivity index (χ2v) is 7.95. The van der Waals surface area contributed by atoms with Crippen LogP contribution in [0.2, 0.25) is 5.02 Å². The van der Waals surface area contributed by atoms with E-state index in [4.69, 9.17) is 16.3 Å². The first-order chi connectivity index (χ1) is 15.9. The number of aliphatic imine (C=N–C) groups is 3. The van der Waals surface area contributed by atoms with Crippen molar-refractivity contribution in [3.63, 3.8) is 0 Å². The number of benzene rings is 1. The summed E-state index contributed by atoms with van der Waals surface area (Å²) in [6.45, 7) is 5.54. The summed E-state index contributed by atoms with van der Waals surface area (Å²) in [4.78, 5) is 17.1. The second-order valence-electron chi connectivity index (χ2n) is 6.66. The zero-order chi connectivity index (χ0) is 24.0. The van der Waals surface area contributed by atoms with Gasteiger partial charge in [-0.2, -0.15) is 0 Å². The van der Waals surface area contributed by atoms with E-state index in [0.717, 1.165) is 11.9 Å². The fraction of sp³-hybridized carbons (Fsp3) is 0.182. The summed E-state index contributed by atoms with van der Waals surface area (Å²) >= 11 is 6.91. The first kappa shape index (κ1) is 24.6. The van der Waals surface area contributed by atoms with Crippen LogP contribution in [-0.2, 0) is 0 Å². The first-order valence-electron chi connectivity index (χ1n) is 9.63. The van der Waals surface area contributed by atoms with Crippen molar-refractivity contribution >= 4 is 53.1 Å². The van der Waals surface area contributed by atoms with Gasteiger partial charge < -0.3 is 14.8 Å². The SMILES string of the molecule is C=N/C=C1/C=C(c2ccc(F)c(NSc3cc(Cl)cnc3OC)c2F)C(C)=N/C1=N/CNC. The van der Waals surface area contributed by atoms with E-state index in [1.54, 1.807) is 26.1 Å². The largest absolute Gasteiger partial charge is 0.480 e. The molecule has 33 heavy (non-hydrogen) atoms. The Kier molecular flexibility index (Phi) is 8.32. The smallest absolute Gasteiger partial charge is 0.228 e. The summed E-state index contributed by atoms with van der Waals surface area (Å²) in [6, 6.07) is 4.13. The van der Waals surface area contributed by atoms with Gasteiger partial charge in [-0.3, -0.25) is 9.98 Å². The number of nitrogens with zero attached hydrogens (tertiary/aromatic N) is 4. The molecule has 1 aromatic heterocycles. The zero-order valence-corrected chi connectivity index (χ0v) is 19.7. The molecule has 0 saturated carbocycles. The summed E-state index contributed by atoms with van der Waals surface area (Å²) in [6.07, 6.45) is 4.60. The number of aromatic nitrogens is 1. The molecule has 1 aromatic carbocycles. The molecule has 0 atom stereocenters. The van der Waals surface area contributed by atoms with Gasteiger partial charge >= 0.3 is 0 Å². The predicted octanol–water partition coefficient (Wildman–Crippen LogP) is 5.16. The number of anilines is 1. The lowest BCUT2D eigenvalue weighted by Gasteiger charge is -2.18. The molecule has 1 aliphatic rings. The monoisotopic (exact) mass is 490 g/mol. The minimum Gasteiger partial charge on any atom is -0.480 e. The molecule has 2 N–H and O–H groups in total. The van der Waals surface area contributed by atoms with Crippen LogP contribution in [0.15, 0.2) is 62.1 Å². The number of rotatable bonds is 8. The highest BCUT2D eigenvalue weighted by atomic mass is 35.5. The second kappa shape index (κ2) is 11.2. The number of pyridine rings is 1. The van der Waals surface area contributed by atoms with Crippen LogP contribution in [0.25, 0.3) is 5.57 Å². The van der Waals surface area contributed by atoms with Gasteiger partial charge in [0.25, 0.3) is 0 Å². The standard InChI is InChI=1S/C22H21ClF2N6OS/c1-12-16(7-13(9-26-2)21(30-12)29-11-27-3)15-5-6-17(24)20(19(15)25)31-33-18-8-14(23)10-28-22(18)32-4/h5-10,27,31H,2,11H2,1,3-4H3/b13-9-,29-21+. The van der Waals surface area contributed by atoms with E-state index in [1.165, 1.54) is 31.6 Å². The van der Waals surface area contributed by atoms with Gasteiger partial charge in [0.05, 0.1) is 23.7 Å². The van der Waals surface area contributed by atoms with E-state index >= 15 is 4.39 Å². The van der Waals surface area contributed by atoms with Crippen molar-refractivity contribution in [3.8, 4) is 5.88 Å². The van der Waals surface area contributed by atoms with Crippen LogP contribution in [0.1, 0.15) is 12.5 Å². The predicted molar refractivity (Wildman–Crippen MR) is 132 cm³/mol. The molecule has 0 fully saturated rings. The van der Waals surface area contributed by atoms with Crippen LogP contribution < -0.4 is 14.8 Å². The Bertz CT molecular complexity index is 1200. The fourth-order valence-electron chi connectivity index (χ4n) is 2.95. The Balaban J connectivity index is 1.98. The van der Waals surface area contributed by atoms with Crippen molar-refractivity contribution in [2.45, 2.75) is 11.8 Å². The Labute approximate surface area is 199 Å². The number of hydrogen-bond donors (Lipinski definition) is 2. The Morgan fingerprint density at radius 1 is 1.33 bits per heavy atom. The maximum atomic E-state index is 15.5. The van der Waals surface area contributed by atoms with Crippen LogP contribution in [0.4, 0.5) is 14.5 Å². The van der Waals surface area contributed by atoms with E-state index < -0.39 is 11.6 Å². The molecule has 0 amide bonds. The molecule has 2 heterocycles. The number of amidine groups is 1. The van der Waals surface area contributed by atoms with Crippen molar-refractivity contribution in [2.75, 3.05) is 25.5 Å². The maximum Gasteiger partial charge on any atom is 0.228 e. The third-order valence-electron chi connectivity index (χ3n) is 4.46. The molecule has 0 aliphatic carbocycles. The lowest BCUT2D eigenvalue weighted by molar-refractivity contribution is 0.387. The van der Waals surface area contributed by atoms with E-state index in [-0.39, 0.29) is 17.1 Å². The average molecular weight is 491 g/mol. The van der Waals surface area contributed by atoms with Crippen LogP contribution in [0.3, 0.4) is 0 Å². The van der Waals surface area contributed by atoms with Crippen LogP contribution in [0, 0.1) is 11.6 Å². The number of hydrogen-bond acceptors (Lipinski definition) is 7. The molecule has 2 aromatic rings. The quantitative estimate of drug-likeness (QED) is 0.394. The number of halogens is 3. The van der Waals surface area contributed by atoms with Crippen LogP contribution in [0.5, 0.6) is 5.88 Å². The van der Waals surface area contributed by atoms with Gasteiger partial charge in [0.2, 0.25) is 5.88 Å². The van der Waals surface area contributed by atoms with E-state index in [9.17, 15) is 4.39 Å². The van der Waals surface area contributed by atoms with E-state index in [0.29, 0.717) is 39.3 Å². The number of nitrogens with one attached hydrogen (secondary N) is 2. The normalized spacial score (nSPS) is 15.9. The molecule has 0 spiro atoms. The molecular weight excluding hydrogens is 470 g/mol. The number of allylic oxidation sites excluding steroid dienone is 1. The molecule has 7 nitrogen and oxygen atoms in total. The third-order valence-corrected chi connectivity index (χ3v) is 5.49. The van der Waals surface area contributed by atoms with Crippen molar-refractivity contribution < 1.29 is 13.5 Å². The highest BCUT2D eigenvalue weighted by Crippen LogP contribution is 2.35. The van der Waals surface area contributed by atoms with Gasteiger partial charge in [-0.25, -0.2) is 18.8 Å². The summed E-state index contributed by atoms with van der Waals surface area (Å²) in [5.41, 5.74) is 1.40. The van der Waals surface area contributed by atoms with E-state index in [1.807, 2.05) is 0 Å². The van der Waals surface area contributed by atoms with Crippen molar-refractivity contribution in [2.24, 2.45) is 15.0 Å². The summed E-state index contributed by atoms with van der Waals surface area (Å²) in [5, 5.41) is 3.27. The number of methoxy groups -OCH3 is 1. The molecule has 3 rings (SSSR count). The molecule has 11 heteroatoms. The van der Waals surface area contributed by atoms with Crippen LogP contribution in [-0.4, -0.2) is 44.1 Å². The Hall–Kier alpha value is -3.08. The molecule has 172 valence electrons. The first-order valence-corrected chi connectivity index (χ1v) is 10.8. The highest BCUT2D eigenvalue weighted by molar-refractivity contribution is 8.00. The number of dihydropyridines is 1. The van der Waals surface area contributed by atoms with Crippen molar-refractivity contribution in [3.05, 3.63) is 64.5 Å². The van der Waals surface area contributed by atoms with E-state index in [2.05, 4.69) is 36.7 Å². The molecule has 1 aliphatic heterocycles. The molecule has 0 unspecified atom stereocenters. The van der Waals surface area contributed by atoms with Crippen molar-refractivity contribution in [1.82, 2.24) is 10.3 Å². The summed E-state index contributed by atoms with van der Waals surface area (Å²) in [5.74, 6) is -0.829. The number of ether oxygens (including phenoxy) is 1.